The van der Waals surface area contributed by atoms with Crippen molar-refractivity contribution < 1.29 is 60.9 Å². The smallest absolute Gasteiger partial charge is 0.408 e. The summed E-state index contributed by atoms with van der Waals surface area (Å²) in [7, 11) is -3.93. The Morgan fingerprint density at radius 1 is 0.604 bits per heavy atom. The summed E-state index contributed by atoms with van der Waals surface area (Å²) in [5, 5.41) is 10.5. The summed E-state index contributed by atoms with van der Waals surface area (Å²) in [6.45, 7) is 20.2. The maximum absolute atomic E-state index is 14.5. The van der Waals surface area contributed by atoms with Gasteiger partial charge < -0.3 is 45.0 Å². The summed E-state index contributed by atoms with van der Waals surface area (Å²) < 4.78 is 58.0. The van der Waals surface area contributed by atoms with E-state index in [1.807, 2.05) is 107 Å². The molecule has 4 N–H and O–H groups in total. The first-order chi connectivity index (χ1) is 43.1. The second-order valence-corrected chi connectivity index (χ2v) is 28.0. The van der Waals surface area contributed by atoms with Crippen LogP contribution in [0.5, 0.6) is 5.75 Å². The first kappa shape index (κ1) is 70.4. The zero-order valence-electron chi connectivity index (χ0n) is 54.9. The van der Waals surface area contributed by atoms with Crippen molar-refractivity contribution in [2.75, 3.05) is 23.9 Å². The number of rotatable bonds is 24. The number of pyridine rings is 2. The number of benzene rings is 3. The molecule has 0 spiro atoms. The molecule has 5 aromatic rings. The summed E-state index contributed by atoms with van der Waals surface area (Å²) in [5.74, 6) is -0.547. The van der Waals surface area contributed by atoms with Crippen LogP contribution in [-0.2, 0) is 99.9 Å². The molecule has 2 atom stereocenters. The van der Waals surface area contributed by atoms with Crippen LogP contribution in [0, 0.1) is 20.8 Å². The predicted octanol–water partition coefficient (Wildman–Crippen LogP) is 10.8. The quantitative estimate of drug-likeness (QED) is 0.0254. The van der Waals surface area contributed by atoms with Crippen LogP contribution in [0.15, 0.2) is 89.8 Å². The second kappa shape index (κ2) is 31.8. The van der Waals surface area contributed by atoms with Gasteiger partial charge in [-0.1, -0.05) is 72.8 Å². The van der Waals surface area contributed by atoms with Crippen molar-refractivity contribution in [3.63, 3.8) is 0 Å². The van der Waals surface area contributed by atoms with Gasteiger partial charge in [0.25, 0.3) is 10.0 Å². The van der Waals surface area contributed by atoms with Gasteiger partial charge in [0.15, 0.2) is 0 Å². The lowest BCUT2D eigenvalue weighted by molar-refractivity contribution is -0.158. The number of carbonyl (C=O) groups excluding carboxylic acids is 6. The highest BCUT2D eigenvalue weighted by molar-refractivity contribution is 7.93. The molecule has 3 aromatic carbocycles. The number of ether oxygens (including phenoxy) is 5. The van der Waals surface area contributed by atoms with Crippen LogP contribution in [0.25, 0.3) is 0 Å². The van der Waals surface area contributed by atoms with Gasteiger partial charge in [-0.15, -0.1) is 0 Å². The van der Waals surface area contributed by atoms with Crippen molar-refractivity contribution in [1.29, 1.82) is 0 Å². The molecule has 3 aliphatic rings. The second-order valence-electron chi connectivity index (χ2n) is 26.2. The number of amides is 4. The number of aromatic nitrogens is 2. The third-order valence-corrected chi connectivity index (χ3v) is 17.8. The lowest BCUT2D eigenvalue weighted by Gasteiger charge is -2.31. The van der Waals surface area contributed by atoms with Crippen molar-refractivity contribution in [2.24, 2.45) is 0 Å². The molecule has 0 saturated carbocycles. The number of anilines is 1. The van der Waals surface area contributed by atoms with E-state index in [2.05, 4.69) is 33.4 Å². The van der Waals surface area contributed by atoms with E-state index in [1.165, 1.54) is 28.4 Å². The summed E-state index contributed by atoms with van der Waals surface area (Å²) in [4.78, 5) is 85.6. The molecule has 0 fully saturated rings. The van der Waals surface area contributed by atoms with Gasteiger partial charge in [-0.25, -0.2) is 36.9 Å². The van der Waals surface area contributed by atoms with Crippen LogP contribution < -0.4 is 30.3 Å². The average molecular weight is 1270 g/mol. The fourth-order valence-corrected chi connectivity index (χ4v) is 13.1. The molecular formula is C70H93N7O13S. The number of nitrogens with one attached hydrogen (secondary N) is 4. The summed E-state index contributed by atoms with van der Waals surface area (Å²) in [5.41, 5.74) is 8.20. The molecule has 2 aromatic heterocycles. The number of unbranched alkanes of at least 4 members (excludes halogenated alkanes) is 2. The van der Waals surface area contributed by atoms with Crippen LogP contribution in [0.4, 0.5) is 15.4 Å². The van der Waals surface area contributed by atoms with Crippen molar-refractivity contribution in [3.05, 3.63) is 147 Å². The molecule has 1 aliphatic carbocycles. The minimum atomic E-state index is -3.93. The van der Waals surface area contributed by atoms with Gasteiger partial charge in [0.05, 0.1) is 4.90 Å². The number of carbonyl (C=O) groups is 6. The minimum absolute atomic E-state index is 0.0229. The molecule has 4 heterocycles. The van der Waals surface area contributed by atoms with Crippen molar-refractivity contribution in [1.82, 2.24) is 31.2 Å². The Balaban J connectivity index is 0.000000278. The third-order valence-electron chi connectivity index (χ3n) is 15.7. The zero-order chi connectivity index (χ0) is 66.1. The van der Waals surface area contributed by atoms with Crippen LogP contribution in [-0.4, -0.2) is 103 Å². The molecule has 0 bridgehead atoms. The summed E-state index contributed by atoms with van der Waals surface area (Å²) >= 11 is 0. The van der Waals surface area contributed by atoms with Crippen LogP contribution in [0.1, 0.15) is 175 Å². The van der Waals surface area contributed by atoms with Gasteiger partial charge in [-0.2, -0.15) is 0 Å². The summed E-state index contributed by atoms with van der Waals surface area (Å²) in [6.07, 6.45) is 9.71. The highest BCUT2D eigenvalue weighted by Gasteiger charge is 2.40. The Labute approximate surface area is 537 Å². The largest absolute Gasteiger partial charge is 0.487 e. The SMILES string of the molecule is CC(C)(C)OC(=O)[C@H](CNC(=O)CCCCc1ccc2c(n1)CCCC2)NC(=O)OCc1ccccc1.Cc1c(C)c(S(=O)(=O)N2CCCc3ccc(CCCCC(=O)NC[C@H](NC(=O)OCc4ccccc4)C(=O)OC(C)(C)C)nc32)c(C)c2c1OC(C)(C)C2. The van der Waals surface area contributed by atoms with E-state index >= 15 is 0 Å². The zero-order valence-corrected chi connectivity index (χ0v) is 55.8. The van der Waals surface area contributed by atoms with Crippen LogP contribution in [0.3, 0.4) is 0 Å². The van der Waals surface area contributed by atoms with Gasteiger partial charge in [0.2, 0.25) is 11.8 Å². The number of aryl methyl sites for hydroxylation is 5. The molecule has 4 amide bonds. The van der Waals surface area contributed by atoms with E-state index in [-0.39, 0.29) is 44.5 Å². The highest BCUT2D eigenvalue weighted by Crippen LogP contribution is 2.45. The van der Waals surface area contributed by atoms with E-state index in [0.717, 1.165) is 82.6 Å². The predicted molar refractivity (Wildman–Crippen MR) is 347 cm³/mol. The molecule has 8 rings (SSSR count). The Morgan fingerprint density at radius 2 is 1.09 bits per heavy atom. The van der Waals surface area contributed by atoms with Crippen LogP contribution in [0.2, 0.25) is 0 Å². The lowest BCUT2D eigenvalue weighted by atomic mass is 9.94. The Kier molecular flexibility index (Phi) is 24.6. The van der Waals surface area contributed by atoms with Gasteiger partial charge >= 0.3 is 24.1 Å². The van der Waals surface area contributed by atoms with Crippen molar-refractivity contribution in [2.45, 2.75) is 219 Å². The van der Waals surface area contributed by atoms with Crippen molar-refractivity contribution >= 4 is 51.8 Å². The van der Waals surface area contributed by atoms with Gasteiger partial charge in [0.1, 0.15) is 53.7 Å². The van der Waals surface area contributed by atoms with Crippen molar-refractivity contribution in [3.8, 4) is 5.75 Å². The van der Waals surface area contributed by atoms with Gasteiger partial charge in [-0.3, -0.25) is 14.6 Å². The van der Waals surface area contributed by atoms with E-state index in [0.29, 0.717) is 67.8 Å². The van der Waals surface area contributed by atoms with E-state index in [1.54, 1.807) is 41.5 Å². The van der Waals surface area contributed by atoms with Gasteiger partial charge in [0, 0.05) is 61.5 Å². The molecule has 2 aliphatic heterocycles. The third kappa shape index (κ3) is 21.3. The minimum Gasteiger partial charge on any atom is -0.487 e. The van der Waals surface area contributed by atoms with Gasteiger partial charge in [-0.05, 0) is 204 Å². The highest BCUT2D eigenvalue weighted by atomic mass is 32.2. The topological polar surface area (TPSA) is 260 Å². The number of nitrogens with zero attached hydrogens (tertiary/aromatic N) is 3. The average Bonchev–Trinajstić information content (AvgIpc) is 1.72. The number of fused-ring (bicyclic) bond motifs is 3. The molecule has 0 radical (unpaired) electrons. The number of hydrogen-bond acceptors (Lipinski definition) is 15. The first-order valence-corrected chi connectivity index (χ1v) is 33.2. The molecule has 21 heteroatoms. The molecule has 91 heavy (non-hydrogen) atoms. The maximum Gasteiger partial charge on any atom is 0.408 e. The first-order valence-electron chi connectivity index (χ1n) is 31.8. The van der Waals surface area contributed by atoms with Crippen LogP contribution >= 0.6 is 0 Å². The fraction of sp³-hybridized carbons (Fsp3) is 0.514. The molecule has 0 saturated heterocycles. The number of esters is 2. The van der Waals surface area contributed by atoms with E-state index < -0.39 is 63.0 Å². The number of hydrogen-bond donors (Lipinski definition) is 4. The molecule has 492 valence electrons. The Bertz CT molecular complexity index is 3470. The number of sulfonamides is 1. The fourth-order valence-electron chi connectivity index (χ4n) is 11.1. The standard InChI is InChI=1S/C41H54N4O8S.C29H39N3O5/c1-26-27(2)36(28(3)32-23-41(7,8)52-35(26)32)54(49,50)45-22-14-17-30-20-21-31(43-37(30)45)18-12-13-19-34(46)42-24-33(38(47)53-40(4,5)6)44-39(48)51-25-29-15-10-9-11-16-29;1-29(2,3)37-27(34)25(32-28(35)36-20-21-11-5-4-6-12-21)19-30-26(33)16-10-8-14-23-18-17-22-13-7-9-15-24(22)31-23/h9-11,15-16,20-21,33H,12-14,17-19,22-25H2,1-8H3,(H,42,46)(H,44,48);4-6,11-12,17-18,25H,7-10,13-16,19-20H2,1-3H3,(H,30,33)(H,32,35)/t33-;25-/m00/s1. The normalized spacial score (nSPS) is 14.7. The number of alkyl carbamates (subject to hydrolysis) is 2. The molecule has 0 unspecified atom stereocenters. The Morgan fingerprint density at radius 3 is 1.60 bits per heavy atom. The molecule has 20 nitrogen and oxygen atoms in total. The lowest BCUT2D eigenvalue weighted by Crippen LogP contribution is -2.50. The maximum atomic E-state index is 14.5. The Hall–Kier alpha value is -8.07. The van der Waals surface area contributed by atoms with E-state index in [4.69, 9.17) is 33.7 Å². The van der Waals surface area contributed by atoms with E-state index in [9.17, 15) is 37.2 Å². The molecular weight excluding hydrogens is 1180 g/mol. The summed E-state index contributed by atoms with van der Waals surface area (Å²) in [6, 6.07) is 24.3. The monoisotopic (exact) mass is 1270 g/mol.